The summed E-state index contributed by atoms with van der Waals surface area (Å²) < 4.78 is 5.74. The Labute approximate surface area is 79.4 Å². The molecule has 0 heterocycles. The van der Waals surface area contributed by atoms with E-state index in [1.807, 2.05) is 24.3 Å². The number of rotatable bonds is 2. The summed E-state index contributed by atoms with van der Waals surface area (Å²) in [5.74, 6) is 0.877. The number of hydrogen-bond donors (Lipinski definition) is 0. The maximum Gasteiger partial charge on any atom is 0.242 e. The highest BCUT2D eigenvalue weighted by atomic mass is 35.5. The van der Waals surface area contributed by atoms with Gasteiger partial charge in [-0.15, -0.1) is 0 Å². The van der Waals surface area contributed by atoms with Crippen LogP contribution in [0, 0.1) is 0 Å². The first-order valence-corrected chi connectivity index (χ1v) is 7.70. The van der Waals surface area contributed by atoms with E-state index in [2.05, 4.69) is 19.6 Å². The third-order valence-corrected chi connectivity index (χ3v) is 2.30. The molecule has 0 spiro atoms. The summed E-state index contributed by atoms with van der Waals surface area (Å²) in [6.45, 7) is 6.44. The molecule has 12 heavy (non-hydrogen) atoms. The van der Waals surface area contributed by atoms with Crippen molar-refractivity contribution in [2.45, 2.75) is 19.6 Å². The first-order valence-electron chi connectivity index (χ1n) is 3.92. The van der Waals surface area contributed by atoms with Crippen LogP contribution in [0.2, 0.25) is 24.7 Å². The Morgan fingerprint density at radius 2 is 1.92 bits per heavy atom. The lowest BCUT2D eigenvalue weighted by atomic mass is 10.3. The highest BCUT2D eigenvalue weighted by Crippen LogP contribution is 2.20. The molecule has 0 fully saturated rings. The Bertz CT molecular complexity index is 267. The van der Waals surface area contributed by atoms with Crippen molar-refractivity contribution in [1.29, 1.82) is 0 Å². The van der Waals surface area contributed by atoms with Crippen LogP contribution in [0.1, 0.15) is 0 Å². The second kappa shape index (κ2) is 3.50. The van der Waals surface area contributed by atoms with E-state index in [1.54, 1.807) is 0 Å². The molecule has 66 valence electrons. The average molecular weight is 201 g/mol. The second-order valence-electron chi connectivity index (χ2n) is 3.67. The standard InChI is InChI=1S/C9H13ClOSi/c1-12(2,3)11-9-6-4-5-8(10)7-9/h4-7H,1-3H3. The summed E-state index contributed by atoms with van der Waals surface area (Å²) >= 11 is 5.81. The lowest BCUT2D eigenvalue weighted by molar-refractivity contribution is 0.558. The highest BCUT2D eigenvalue weighted by Gasteiger charge is 2.15. The molecule has 0 saturated carbocycles. The van der Waals surface area contributed by atoms with Crippen molar-refractivity contribution < 1.29 is 4.43 Å². The van der Waals surface area contributed by atoms with Gasteiger partial charge in [-0.2, -0.15) is 0 Å². The van der Waals surface area contributed by atoms with Crippen molar-refractivity contribution in [3.63, 3.8) is 0 Å². The maximum absolute atomic E-state index is 5.81. The van der Waals surface area contributed by atoms with Crippen LogP contribution in [0.5, 0.6) is 5.75 Å². The molecule has 1 nitrogen and oxygen atoms in total. The average Bonchev–Trinajstić information content (AvgIpc) is 1.82. The van der Waals surface area contributed by atoms with E-state index in [1.165, 1.54) is 0 Å². The van der Waals surface area contributed by atoms with Gasteiger partial charge in [0.15, 0.2) is 0 Å². The van der Waals surface area contributed by atoms with Crippen molar-refractivity contribution >= 4 is 19.9 Å². The Morgan fingerprint density at radius 3 is 2.42 bits per heavy atom. The molecule has 0 amide bonds. The summed E-state index contributed by atoms with van der Waals surface area (Å²) in [6.07, 6.45) is 0. The first-order chi connectivity index (χ1) is 5.47. The molecule has 1 rings (SSSR count). The molecule has 0 radical (unpaired) electrons. The molecular weight excluding hydrogens is 188 g/mol. The molecule has 0 aliphatic carbocycles. The molecule has 0 bridgehead atoms. The van der Waals surface area contributed by atoms with Gasteiger partial charge in [0.25, 0.3) is 0 Å². The minimum atomic E-state index is -1.48. The van der Waals surface area contributed by atoms with E-state index in [9.17, 15) is 0 Å². The summed E-state index contributed by atoms with van der Waals surface area (Å²) in [6, 6.07) is 7.53. The van der Waals surface area contributed by atoms with Crippen molar-refractivity contribution in [1.82, 2.24) is 0 Å². The van der Waals surface area contributed by atoms with Gasteiger partial charge >= 0.3 is 0 Å². The van der Waals surface area contributed by atoms with E-state index in [-0.39, 0.29) is 0 Å². The molecule has 0 unspecified atom stereocenters. The molecule has 0 N–H and O–H groups in total. The maximum atomic E-state index is 5.81. The Morgan fingerprint density at radius 1 is 1.25 bits per heavy atom. The smallest absolute Gasteiger partial charge is 0.242 e. The number of halogens is 1. The zero-order valence-corrected chi connectivity index (χ0v) is 9.35. The lowest BCUT2D eigenvalue weighted by Crippen LogP contribution is -2.29. The van der Waals surface area contributed by atoms with Gasteiger partial charge in [-0.25, -0.2) is 0 Å². The summed E-state index contributed by atoms with van der Waals surface area (Å²) in [7, 11) is -1.48. The van der Waals surface area contributed by atoms with Crippen LogP contribution in [0.4, 0.5) is 0 Å². The largest absolute Gasteiger partial charge is 0.544 e. The Kier molecular flexibility index (Phi) is 2.80. The van der Waals surface area contributed by atoms with Gasteiger partial charge in [0.05, 0.1) is 0 Å². The lowest BCUT2D eigenvalue weighted by Gasteiger charge is -2.18. The Hall–Kier alpha value is -0.473. The molecular formula is C9H13ClOSi. The Balaban J connectivity index is 2.77. The SMILES string of the molecule is C[Si](C)(C)Oc1cccc(Cl)c1. The molecule has 0 saturated heterocycles. The summed E-state index contributed by atoms with van der Waals surface area (Å²) in [4.78, 5) is 0. The van der Waals surface area contributed by atoms with E-state index < -0.39 is 8.32 Å². The van der Waals surface area contributed by atoms with Crippen LogP contribution < -0.4 is 4.43 Å². The van der Waals surface area contributed by atoms with Crippen LogP contribution in [-0.4, -0.2) is 8.32 Å². The van der Waals surface area contributed by atoms with E-state index in [0.717, 1.165) is 10.8 Å². The van der Waals surface area contributed by atoms with Gasteiger partial charge in [0.2, 0.25) is 8.32 Å². The fraction of sp³-hybridized carbons (Fsp3) is 0.333. The molecule has 0 aromatic heterocycles. The number of benzene rings is 1. The van der Waals surface area contributed by atoms with Crippen LogP contribution in [0.25, 0.3) is 0 Å². The molecule has 1 aromatic carbocycles. The normalized spacial score (nSPS) is 11.3. The third kappa shape index (κ3) is 3.28. The van der Waals surface area contributed by atoms with Crippen LogP contribution >= 0.6 is 11.6 Å². The van der Waals surface area contributed by atoms with Gasteiger partial charge in [0, 0.05) is 5.02 Å². The van der Waals surface area contributed by atoms with Gasteiger partial charge < -0.3 is 4.43 Å². The van der Waals surface area contributed by atoms with E-state index in [4.69, 9.17) is 16.0 Å². The van der Waals surface area contributed by atoms with Gasteiger partial charge in [-0.05, 0) is 37.8 Å². The van der Waals surface area contributed by atoms with Crippen molar-refractivity contribution in [3.05, 3.63) is 29.3 Å². The fourth-order valence-electron chi connectivity index (χ4n) is 0.884. The van der Waals surface area contributed by atoms with Gasteiger partial charge in [0.1, 0.15) is 5.75 Å². The molecule has 3 heteroatoms. The topological polar surface area (TPSA) is 9.23 Å². The zero-order valence-electron chi connectivity index (χ0n) is 7.60. The summed E-state index contributed by atoms with van der Waals surface area (Å²) in [5, 5.41) is 0.728. The molecule has 0 aliphatic heterocycles. The third-order valence-electron chi connectivity index (χ3n) is 1.22. The zero-order chi connectivity index (χ0) is 9.19. The number of hydrogen-bond acceptors (Lipinski definition) is 1. The van der Waals surface area contributed by atoms with Crippen molar-refractivity contribution in [2.75, 3.05) is 0 Å². The predicted octanol–water partition coefficient (Wildman–Crippen LogP) is 3.55. The quantitative estimate of drug-likeness (QED) is 0.664. The predicted molar refractivity (Wildman–Crippen MR) is 55.4 cm³/mol. The highest BCUT2D eigenvalue weighted by molar-refractivity contribution is 6.70. The van der Waals surface area contributed by atoms with E-state index >= 15 is 0 Å². The van der Waals surface area contributed by atoms with Crippen LogP contribution in [0.15, 0.2) is 24.3 Å². The minimum absolute atomic E-state index is 0.728. The van der Waals surface area contributed by atoms with Crippen molar-refractivity contribution in [2.24, 2.45) is 0 Å². The van der Waals surface area contributed by atoms with Gasteiger partial charge in [-0.3, -0.25) is 0 Å². The van der Waals surface area contributed by atoms with Crippen LogP contribution in [0.3, 0.4) is 0 Å². The van der Waals surface area contributed by atoms with Crippen LogP contribution in [-0.2, 0) is 0 Å². The summed E-state index contributed by atoms with van der Waals surface area (Å²) in [5.41, 5.74) is 0. The molecule has 0 atom stereocenters. The van der Waals surface area contributed by atoms with Gasteiger partial charge in [-0.1, -0.05) is 17.7 Å². The molecule has 0 aliphatic rings. The van der Waals surface area contributed by atoms with E-state index in [0.29, 0.717) is 0 Å². The second-order valence-corrected chi connectivity index (χ2v) is 8.54. The monoisotopic (exact) mass is 200 g/mol. The molecule has 1 aromatic rings. The van der Waals surface area contributed by atoms with Crippen molar-refractivity contribution in [3.8, 4) is 5.75 Å². The minimum Gasteiger partial charge on any atom is -0.544 e. The first kappa shape index (κ1) is 9.61. The fourth-order valence-corrected chi connectivity index (χ4v) is 1.90.